The molecular weight excluding hydrogens is 508 g/mol. The molecule has 1 aliphatic heterocycles. The second-order valence-electron chi connectivity index (χ2n) is 8.37. The lowest BCUT2D eigenvalue weighted by Gasteiger charge is -2.25. The summed E-state index contributed by atoms with van der Waals surface area (Å²) in [4.78, 5) is 32.0. The molecule has 0 radical (unpaired) electrons. The molecule has 1 aliphatic rings. The van der Waals surface area contributed by atoms with Crippen molar-refractivity contribution in [3.05, 3.63) is 84.5 Å². The van der Waals surface area contributed by atoms with Crippen molar-refractivity contribution in [3.63, 3.8) is 0 Å². The van der Waals surface area contributed by atoms with Crippen LogP contribution in [-0.4, -0.2) is 49.2 Å². The van der Waals surface area contributed by atoms with Gasteiger partial charge in [0.2, 0.25) is 0 Å². The lowest BCUT2D eigenvalue weighted by molar-refractivity contribution is -0.140. The number of carbonyl (C=O) groups is 1. The lowest BCUT2D eigenvalue weighted by Crippen LogP contribution is -2.40. The fourth-order valence-electron chi connectivity index (χ4n) is 4.15. The van der Waals surface area contributed by atoms with E-state index in [0.29, 0.717) is 45.3 Å². The monoisotopic (exact) mass is 538 g/mol. The van der Waals surface area contributed by atoms with Crippen LogP contribution >= 0.6 is 11.3 Å². The third-order valence-electron chi connectivity index (χ3n) is 5.85. The van der Waals surface area contributed by atoms with Gasteiger partial charge in [0.1, 0.15) is 12.4 Å². The van der Waals surface area contributed by atoms with E-state index in [9.17, 15) is 14.7 Å². The Morgan fingerprint density at radius 1 is 1.11 bits per heavy atom. The predicted molar refractivity (Wildman–Crippen MR) is 143 cm³/mol. The molecule has 2 aromatic carbocycles. The minimum absolute atomic E-state index is 0.0215. The van der Waals surface area contributed by atoms with Crippen LogP contribution in [0, 0.1) is 0 Å². The van der Waals surface area contributed by atoms with Gasteiger partial charge in [-0.05, 0) is 62.2 Å². The Labute approximate surface area is 223 Å². The molecule has 0 bridgehead atoms. The first-order chi connectivity index (χ1) is 18.4. The van der Waals surface area contributed by atoms with Crippen molar-refractivity contribution in [3.8, 4) is 17.2 Å². The molecule has 0 aliphatic carbocycles. The number of rotatable bonds is 10. The van der Waals surface area contributed by atoms with Gasteiger partial charge in [0.15, 0.2) is 16.3 Å². The summed E-state index contributed by atoms with van der Waals surface area (Å²) in [7, 11) is 1.53. The van der Waals surface area contributed by atoms with Gasteiger partial charge in [-0.15, -0.1) is 0 Å². The third-order valence-corrected chi connectivity index (χ3v) is 6.83. The molecule has 1 atom stereocenters. The standard InChI is InChI=1S/C28H30N2O7S/c1-5-35-20-10-8-19(9-11-20)25-24(27(33)37-14-13-34-4)17(3)29-28-30(25)26(32)23(38-28)16-18-7-12-21(31)22(15-18)36-6-2/h7-12,15-16,25,31H,5-6,13-14H2,1-4H3. The van der Waals surface area contributed by atoms with Crippen molar-refractivity contribution in [1.29, 1.82) is 0 Å². The van der Waals surface area contributed by atoms with E-state index in [4.69, 9.17) is 18.9 Å². The molecular formula is C28H30N2O7S. The summed E-state index contributed by atoms with van der Waals surface area (Å²) in [6, 6.07) is 11.4. The summed E-state index contributed by atoms with van der Waals surface area (Å²) >= 11 is 1.22. The van der Waals surface area contributed by atoms with E-state index in [0.717, 1.165) is 5.56 Å². The summed E-state index contributed by atoms with van der Waals surface area (Å²) in [5, 5.41) is 10.0. The quantitative estimate of drug-likeness (QED) is 0.312. The predicted octanol–water partition coefficient (Wildman–Crippen LogP) is 2.93. The Kier molecular flexibility index (Phi) is 8.65. The molecule has 10 heteroatoms. The van der Waals surface area contributed by atoms with Crippen molar-refractivity contribution in [2.45, 2.75) is 26.8 Å². The van der Waals surface area contributed by atoms with Crippen LogP contribution in [-0.2, 0) is 14.3 Å². The van der Waals surface area contributed by atoms with Gasteiger partial charge in [0.25, 0.3) is 5.56 Å². The molecule has 200 valence electrons. The number of ether oxygens (including phenoxy) is 4. The normalized spacial score (nSPS) is 15.2. The number of phenolic OH excluding ortho intramolecular Hbond substituents is 1. The van der Waals surface area contributed by atoms with E-state index in [1.165, 1.54) is 29.1 Å². The van der Waals surface area contributed by atoms with Crippen molar-refractivity contribution in [2.24, 2.45) is 4.99 Å². The van der Waals surface area contributed by atoms with E-state index in [1.807, 2.05) is 38.1 Å². The lowest BCUT2D eigenvalue weighted by atomic mass is 9.96. The summed E-state index contributed by atoms with van der Waals surface area (Å²) in [6.07, 6.45) is 1.72. The molecule has 1 N–H and O–H groups in total. The summed E-state index contributed by atoms with van der Waals surface area (Å²) in [5.74, 6) is 0.480. The average molecular weight is 539 g/mol. The second kappa shape index (κ2) is 12.1. The number of nitrogens with zero attached hydrogens (tertiary/aromatic N) is 2. The molecule has 2 heterocycles. The topological polar surface area (TPSA) is 109 Å². The number of aromatic hydroxyl groups is 1. The Bertz CT molecular complexity index is 1520. The van der Waals surface area contributed by atoms with Crippen LogP contribution in [0.3, 0.4) is 0 Å². The Morgan fingerprint density at radius 3 is 2.53 bits per heavy atom. The van der Waals surface area contributed by atoms with Gasteiger partial charge < -0.3 is 24.1 Å². The molecule has 0 fully saturated rings. The van der Waals surface area contributed by atoms with Gasteiger partial charge in [0.05, 0.1) is 41.7 Å². The molecule has 9 nitrogen and oxygen atoms in total. The molecule has 3 aromatic rings. The maximum Gasteiger partial charge on any atom is 0.338 e. The van der Waals surface area contributed by atoms with Gasteiger partial charge in [-0.2, -0.15) is 0 Å². The van der Waals surface area contributed by atoms with Gasteiger partial charge in [-0.1, -0.05) is 29.5 Å². The first-order valence-corrected chi connectivity index (χ1v) is 13.1. The van der Waals surface area contributed by atoms with Crippen LogP contribution in [0.5, 0.6) is 17.2 Å². The van der Waals surface area contributed by atoms with Gasteiger partial charge in [-0.3, -0.25) is 9.36 Å². The molecule has 1 unspecified atom stereocenters. The van der Waals surface area contributed by atoms with Crippen LogP contribution in [0.4, 0.5) is 0 Å². The summed E-state index contributed by atoms with van der Waals surface area (Å²) in [5.41, 5.74) is 1.87. The highest BCUT2D eigenvalue weighted by Gasteiger charge is 2.33. The first kappa shape index (κ1) is 27.2. The number of thiazole rings is 1. The van der Waals surface area contributed by atoms with Crippen molar-refractivity contribution < 1.29 is 28.8 Å². The number of carbonyl (C=O) groups excluding carboxylic acids is 1. The average Bonchev–Trinajstić information content (AvgIpc) is 3.20. The third kappa shape index (κ3) is 5.66. The van der Waals surface area contributed by atoms with Crippen molar-refractivity contribution in [2.75, 3.05) is 33.5 Å². The first-order valence-electron chi connectivity index (χ1n) is 12.2. The van der Waals surface area contributed by atoms with Gasteiger partial charge in [0, 0.05) is 7.11 Å². The minimum Gasteiger partial charge on any atom is -0.504 e. The zero-order chi connectivity index (χ0) is 27.2. The number of fused-ring (bicyclic) bond motifs is 1. The molecule has 1 aromatic heterocycles. The number of benzene rings is 2. The summed E-state index contributed by atoms with van der Waals surface area (Å²) < 4.78 is 23.5. The Morgan fingerprint density at radius 2 is 1.84 bits per heavy atom. The number of esters is 1. The molecule has 38 heavy (non-hydrogen) atoms. The number of hydrogen-bond donors (Lipinski definition) is 1. The largest absolute Gasteiger partial charge is 0.504 e. The molecule has 0 amide bonds. The van der Waals surface area contributed by atoms with Crippen molar-refractivity contribution in [1.82, 2.24) is 4.57 Å². The highest BCUT2D eigenvalue weighted by molar-refractivity contribution is 7.07. The van der Waals surface area contributed by atoms with Gasteiger partial charge in [-0.25, -0.2) is 9.79 Å². The second-order valence-corrected chi connectivity index (χ2v) is 9.38. The van der Waals surface area contributed by atoms with E-state index in [1.54, 1.807) is 25.1 Å². The Hall–Kier alpha value is -3.89. The zero-order valence-electron chi connectivity index (χ0n) is 21.7. The summed E-state index contributed by atoms with van der Waals surface area (Å²) in [6.45, 7) is 6.71. The van der Waals surface area contributed by atoms with E-state index >= 15 is 0 Å². The van der Waals surface area contributed by atoms with Crippen LogP contribution in [0.15, 0.2) is 63.5 Å². The van der Waals surface area contributed by atoms with Crippen LogP contribution in [0.1, 0.15) is 37.9 Å². The molecule has 0 saturated heterocycles. The number of methoxy groups -OCH3 is 1. The van der Waals surface area contributed by atoms with Crippen LogP contribution in [0.25, 0.3) is 6.08 Å². The van der Waals surface area contributed by atoms with E-state index in [-0.39, 0.29) is 30.1 Å². The molecule has 0 saturated carbocycles. The number of aromatic nitrogens is 1. The number of phenols is 1. The Balaban J connectivity index is 1.85. The zero-order valence-corrected chi connectivity index (χ0v) is 22.5. The molecule has 0 spiro atoms. The van der Waals surface area contributed by atoms with Crippen LogP contribution in [0.2, 0.25) is 0 Å². The van der Waals surface area contributed by atoms with E-state index < -0.39 is 12.0 Å². The highest BCUT2D eigenvalue weighted by atomic mass is 32.1. The highest BCUT2D eigenvalue weighted by Crippen LogP contribution is 2.32. The fraction of sp³-hybridized carbons (Fsp3) is 0.321. The maximum atomic E-state index is 13.8. The van der Waals surface area contributed by atoms with E-state index in [2.05, 4.69) is 4.99 Å². The fourth-order valence-corrected chi connectivity index (χ4v) is 5.20. The SMILES string of the molecule is CCOc1ccc(C2C(C(=O)OCCOC)=C(C)N=c3sc(=Cc4ccc(O)c(OCC)c4)c(=O)n32)cc1. The molecule has 4 rings (SSSR count). The minimum atomic E-state index is -0.738. The smallest absolute Gasteiger partial charge is 0.338 e. The number of allylic oxidation sites excluding steroid dienone is 1. The number of hydrogen-bond acceptors (Lipinski definition) is 9. The van der Waals surface area contributed by atoms with Gasteiger partial charge >= 0.3 is 5.97 Å². The maximum absolute atomic E-state index is 13.8. The van der Waals surface area contributed by atoms with Crippen LogP contribution < -0.4 is 24.4 Å². The van der Waals surface area contributed by atoms with Crippen molar-refractivity contribution >= 4 is 23.4 Å².